The van der Waals surface area contributed by atoms with E-state index in [0.29, 0.717) is 0 Å². The van der Waals surface area contributed by atoms with Crippen LogP contribution >= 0.6 is 0 Å². The molecule has 1 saturated heterocycles. The zero-order valence-corrected chi connectivity index (χ0v) is 5.66. The lowest BCUT2D eigenvalue weighted by Gasteiger charge is -1.84. The Hall–Kier alpha value is 0.220. The summed E-state index contributed by atoms with van der Waals surface area (Å²) in [6, 6.07) is 0. The van der Waals surface area contributed by atoms with Gasteiger partial charge in [-0.15, -0.1) is 8.67 Å². The van der Waals surface area contributed by atoms with Gasteiger partial charge in [-0.1, -0.05) is 0 Å². The van der Waals surface area contributed by atoms with Crippen molar-refractivity contribution in [2.45, 2.75) is 11.5 Å². The van der Waals surface area contributed by atoms with Gasteiger partial charge in [0.25, 0.3) is 0 Å². The van der Waals surface area contributed by atoms with Gasteiger partial charge in [-0.25, -0.2) is 8.42 Å². The van der Waals surface area contributed by atoms with Crippen molar-refractivity contribution in [1.29, 1.82) is 0 Å². The highest BCUT2D eigenvalue weighted by molar-refractivity contribution is 8.00. The molecule has 0 saturated carbocycles. The van der Waals surface area contributed by atoms with Crippen LogP contribution < -0.4 is 0 Å². The molecule has 6 heteroatoms. The van der Waals surface area contributed by atoms with Crippen LogP contribution in [0.5, 0.6) is 0 Å². The summed E-state index contributed by atoms with van der Waals surface area (Å²) >= 11 is -3.04. The Labute approximate surface area is 51.4 Å². The third kappa shape index (κ3) is 0.970. The predicted molar refractivity (Wildman–Crippen MR) is 27.9 cm³/mol. The van der Waals surface area contributed by atoms with E-state index in [1.807, 2.05) is 0 Å². The van der Waals surface area contributed by atoms with Gasteiger partial charge >= 0.3 is 0 Å². The molecule has 0 N–H and O–H groups in total. The first-order valence-corrected chi connectivity index (χ1v) is 4.16. The van der Waals surface area contributed by atoms with Crippen molar-refractivity contribution in [2.75, 3.05) is 0 Å². The van der Waals surface area contributed by atoms with E-state index in [1.165, 1.54) is 6.92 Å². The normalized spacial score (nSPS) is 47.4. The highest BCUT2D eigenvalue weighted by Gasteiger charge is 2.30. The number of hydrogen-bond acceptors (Lipinski definition) is 4. The summed E-state index contributed by atoms with van der Waals surface area (Å²) in [4.78, 5) is 0. The minimum Gasteiger partial charge on any atom is -0.226 e. The largest absolute Gasteiger partial charge is 0.226 e. The molecular formula is C2H4O4S2. The molecule has 2 atom stereocenters. The Morgan fingerprint density at radius 1 is 1.25 bits per heavy atom. The molecule has 0 bridgehead atoms. The smallest absolute Gasteiger partial charge is 0.207 e. The van der Waals surface area contributed by atoms with Crippen LogP contribution in [-0.4, -0.2) is 13.0 Å². The van der Waals surface area contributed by atoms with Crippen LogP contribution in [0.3, 0.4) is 0 Å². The standard InChI is InChI=1S/C2H4O4S2/c1-2-7(3)5-6-8(2)4/h2H,1H3. The minimum atomic E-state index is -1.52. The molecule has 8 heavy (non-hydrogen) atoms. The Morgan fingerprint density at radius 3 is 1.75 bits per heavy atom. The first-order valence-electron chi connectivity index (χ1n) is 1.88. The second-order valence-electron chi connectivity index (χ2n) is 1.22. The van der Waals surface area contributed by atoms with E-state index in [1.54, 1.807) is 0 Å². The van der Waals surface area contributed by atoms with Gasteiger partial charge in [0.2, 0.25) is 22.2 Å². The lowest BCUT2D eigenvalue weighted by Crippen LogP contribution is -2.06. The number of hydrogen-bond donors (Lipinski definition) is 0. The maximum atomic E-state index is 10.4. The first-order chi connectivity index (χ1) is 3.72. The fourth-order valence-electron chi connectivity index (χ4n) is 0.230. The van der Waals surface area contributed by atoms with Crippen molar-refractivity contribution in [1.82, 2.24) is 0 Å². The van der Waals surface area contributed by atoms with Crippen molar-refractivity contribution < 1.29 is 17.1 Å². The predicted octanol–water partition coefficient (Wildman–Crippen LogP) is -0.378. The molecule has 0 aromatic rings. The van der Waals surface area contributed by atoms with Crippen molar-refractivity contribution in [2.24, 2.45) is 0 Å². The van der Waals surface area contributed by atoms with E-state index in [4.69, 9.17) is 0 Å². The van der Waals surface area contributed by atoms with Gasteiger partial charge in [0.1, 0.15) is 0 Å². The molecule has 0 aromatic carbocycles. The van der Waals surface area contributed by atoms with Crippen LogP contribution in [0.1, 0.15) is 6.92 Å². The van der Waals surface area contributed by atoms with E-state index in [9.17, 15) is 8.42 Å². The third-order valence-corrected chi connectivity index (χ3v) is 3.22. The second-order valence-corrected chi connectivity index (χ2v) is 4.25. The minimum absolute atomic E-state index is 0.519. The molecule has 0 spiro atoms. The van der Waals surface area contributed by atoms with Crippen molar-refractivity contribution >= 4 is 22.2 Å². The van der Waals surface area contributed by atoms with Gasteiger partial charge in [-0.05, 0) is 6.92 Å². The zero-order valence-electron chi connectivity index (χ0n) is 4.03. The van der Waals surface area contributed by atoms with Crippen LogP contribution in [0, 0.1) is 0 Å². The topological polar surface area (TPSA) is 52.6 Å². The van der Waals surface area contributed by atoms with Crippen LogP contribution in [0.2, 0.25) is 0 Å². The van der Waals surface area contributed by atoms with Gasteiger partial charge in [0, 0.05) is 0 Å². The summed E-state index contributed by atoms with van der Waals surface area (Å²) in [5.41, 5.74) is 0. The Balaban J connectivity index is 2.70. The molecule has 0 radical (unpaired) electrons. The Bertz CT molecular complexity index is 127. The summed E-state index contributed by atoms with van der Waals surface area (Å²) in [7, 11) is 0. The quantitative estimate of drug-likeness (QED) is 0.449. The monoisotopic (exact) mass is 156 g/mol. The van der Waals surface area contributed by atoms with Crippen LogP contribution in [-0.2, 0) is 30.8 Å². The maximum Gasteiger partial charge on any atom is 0.207 e. The van der Waals surface area contributed by atoms with Crippen molar-refractivity contribution in [3.8, 4) is 0 Å². The molecule has 1 heterocycles. The lowest BCUT2D eigenvalue weighted by molar-refractivity contribution is -0.0611. The Kier molecular flexibility index (Phi) is 1.76. The van der Waals surface area contributed by atoms with E-state index < -0.39 is 26.7 Å². The van der Waals surface area contributed by atoms with E-state index in [0.717, 1.165) is 0 Å². The zero-order chi connectivity index (χ0) is 6.15. The van der Waals surface area contributed by atoms with Crippen LogP contribution in [0.15, 0.2) is 0 Å². The van der Waals surface area contributed by atoms with E-state index in [2.05, 4.69) is 8.67 Å². The van der Waals surface area contributed by atoms with Gasteiger partial charge in [0.05, 0.1) is 0 Å². The van der Waals surface area contributed by atoms with Gasteiger partial charge < -0.3 is 0 Å². The van der Waals surface area contributed by atoms with Gasteiger partial charge in [-0.3, -0.25) is 0 Å². The third-order valence-electron chi connectivity index (χ3n) is 0.704. The van der Waals surface area contributed by atoms with Crippen molar-refractivity contribution in [3.63, 3.8) is 0 Å². The van der Waals surface area contributed by atoms with Crippen molar-refractivity contribution in [3.05, 3.63) is 0 Å². The SMILES string of the molecule is CC1S(=O)OOS1=O. The van der Waals surface area contributed by atoms with E-state index >= 15 is 0 Å². The summed E-state index contributed by atoms with van der Waals surface area (Å²) in [5.74, 6) is 0. The Morgan fingerprint density at radius 2 is 1.62 bits per heavy atom. The molecule has 2 unspecified atom stereocenters. The molecular weight excluding hydrogens is 152 g/mol. The summed E-state index contributed by atoms with van der Waals surface area (Å²) < 4.78 is 28.3. The van der Waals surface area contributed by atoms with Crippen LogP contribution in [0.4, 0.5) is 0 Å². The first kappa shape index (κ1) is 6.34. The molecule has 1 aliphatic heterocycles. The van der Waals surface area contributed by atoms with E-state index in [-0.39, 0.29) is 0 Å². The molecule has 1 fully saturated rings. The molecule has 48 valence electrons. The molecule has 0 aromatic heterocycles. The summed E-state index contributed by atoms with van der Waals surface area (Å²) in [6.07, 6.45) is 0. The fourth-order valence-corrected chi connectivity index (χ4v) is 1.59. The molecule has 4 nitrogen and oxygen atoms in total. The van der Waals surface area contributed by atoms with Gasteiger partial charge in [0.15, 0.2) is 4.58 Å². The maximum absolute atomic E-state index is 10.4. The van der Waals surface area contributed by atoms with Crippen LogP contribution in [0.25, 0.3) is 0 Å². The molecule has 1 aliphatic rings. The molecule has 0 amide bonds. The second kappa shape index (κ2) is 2.22. The summed E-state index contributed by atoms with van der Waals surface area (Å²) in [6.45, 7) is 1.53. The molecule has 1 rings (SSSR count). The average molecular weight is 156 g/mol. The fraction of sp³-hybridized carbons (Fsp3) is 1.00. The van der Waals surface area contributed by atoms with Gasteiger partial charge in [-0.2, -0.15) is 0 Å². The average Bonchev–Trinajstić information content (AvgIpc) is 1.98. The molecule has 0 aliphatic carbocycles. The highest BCUT2D eigenvalue weighted by Crippen LogP contribution is 2.13. The summed E-state index contributed by atoms with van der Waals surface area (Å²) in [5, 5.41) is 0. The number of rotatable bonds is 0. The lowest BCUT2D eigenvalue weighted by atomic mass is 11.0. The highest BCUT2D eigenvalue weighted by atomic mass is 32.3.